The van der Waals surface area contributed by atoms with Crippen molar-refractivity contribution in [1.29, 1.82) is 0 Å². The Morgan fingerprint density at radius 3 is 2.71 bits per heavy atom. The number of nitrogens with one attached hydrogen (secondary N) is 1. The highest BCUT2D eigenvalue weighted by molar-refractivity contribution is 5.94. The van der Waals surface area contributed by atoms with Crippen LogP contribution in [0.3, 0.4) is 0 Å². The van der Waals surface area contributed by atoms with E-state index >= 15 is 0 Å². The zero-order valence-corrected chi connectivity index (χ0v) is 12.9. The molecule has 0 aliphatic rings. The summed E-state index contributed by atoms with van der Waals surface area (Å²) in [5.41, 5.74) is 1.44. The molecule has 1 aromatic heterocycles. The number of hydrogen-bond acceptors (Lipinski definition) is 4. The van der Waals surface area contributed by atoms with E-state index in [-0.39, 0.29) is 18.0 Å². The predicted molar refractivity (Wildman–Crippen MR) is 85.7 cm³/mol. The van der Waals surface area contributed by atoms with Crippen LogP contribution in [0.2, 0.25) is 0 Å². The molecule has 3 aromatic rings. The lowest BCUT2D eigenvalue weighted by Crippen LogP contribution is -2.23. The van der Waals surface area contributed by atoms with Gasteiger partial charge >= 0.3 is 0 Å². The Balaban J connectivity index is 1.51. The third kappa shape index (κ3) is 4.25. The standard InChI is InChI=1S/C18H16FN3O2/c19-15-8-4-7-14(11-15)18(23)20-12-16-21-17(24-22-16)10-9-13-5-2-1-3-6-13/h1-8,11H,9-10,12H2,(H,20,23). The van der Waals surface area contributed by atoms with Crippen molar-refractivity contribution >= 4 is 5.91 Å². The molecule has 0 saturated carbocycles. The maximum absolute atomic E-state index is 13.1. The Hall–Kier alpha value is -3.02. The zero-order valence-electron chi connectivity index (χ0n) is 12.9. The molecular weight excluding hydrogens is 309 g/mol. The van der Waals surface area contributed by atoms with Crippen LogP contribution in [0.15, 0.2) is 59.1 Å². The van der Waals surface area contributed by atoms with E-state index in [0.29, 0.717) is 18.1 Å². The molecule has 0 bridgehead atoms. The molecule has 5 nitrogen and oxygen atoms in total. The first-order chi connectivity index (χ1) is 11.7. The average Bonchev–Trinajstić information content (AvgIpc) is 3.07. The number of aromatic nitrogens is 2. The third-order valence-electron chi connectivity index (χ3n) is 3.47. The molecule has 3 rings (SSSR count). The minimum absolute atomic E-state index is 0.129. The van der Waals surface area contributed by atoms with Crippen LogP contribution in [0, 0.1) is 5.82 Å². The topological polar surface area (TPSA) is 68.0 Å². The van der Waals surface area contributed by atoms with Crippen LogP contribution in [0.25, 0.3) is 0 Å². The Bertz CT molecular complexity index is 818. The highest BCUT2D eigenvalue weighted by Crippen LogP contribution is 2.07. The molecule has 2 aromatic carbocycles. The van der Waals surface area contributed by atoms with Crippen LogP contribution in [-0.4, -0.2) is 16.0 Å². The molecule has 0 atom stereocenters. The molecule has 0 aliphatic carbocycles. The molecule has 24 heavy (non-hydrogen) atoms. The summed E-state index contributed by atoms with van der Waals surface area (Å²) in [5.74, 6) is 0.0761. The van der Waals surface area contributed by atoms with Gasteiger partial charge in [0.25, 0.3) is 5.91 Å². The van der Waals surface area contributed by atoms with Gasteiger partial charge in [-0.1, -0.05) is 41.6 Å². The molecule has 6 heteroatoms. The average molecular weight is 325 g/mol. The molecule has 0 spiro atoms. The Labute approximate surface area is 138 Å². The number of nitrogens with zero attached hydrogens (tertiary/aromatic N) is 2. The predicted octanol–water partition coefficient (Wildman–Crippen LogP) is 2.92. The first kappa shape index (κ1) is 15.9. The number of carbonyl (C=O) groups is 1. The van der Waals surface area contributed by atoms with Crippen molar-refractivity contribution in [2.45, 2.75) is 19.4 Å². The van der Waals surface area contributed by atoms with Crippen LogP contribution >= 0.6 is 0 Å². The lowest BCUT2D eigenvalue weighted by atomic mass is 10.1. The fourth-order valence-electron chi connectivity index (χ4n) is 2.25. The quantitative estimate of drug-likeness (QED) is 0.756. The number of benzene rings is 2. The molecule has 0 aliphatic heterocycles. The molecule has 1 heterocycles. The molecule has 0 saturated heterocycles. The van der Waals surface area contributed by atoms with Crippen LogP contribution in [-0.2, 0) is 19.4 Å². The summed E-state index contributed by atoms with van der Waals surface area (Å²) in [7, 11) is 0. The van der Waals surface area contributed by atoms with E-state index < -0.39 is 5.82 Å². The van der Waals surface area contributed by atoms with E-state index in [1.807, 2.05) is 30.3 Å². The number of amides is 1. The normalized spacial score (nSPS) is 10.5. The van der Waals surface area contributed by atoms with E-state index in [4.69, 9.17) is 4.52 Å². The van der Waals surface area contributed by atoms with Crippen LogP contribution < -0.4 is 5.32 Å². The summed E-state index contributed by atoms with van der Waals surface area (Å²) in [6, 6.07) is 15.5. The molecule has 1 N–H and O–H groups in total. The van der Waals surface area contributed by atoms with Crippen molar-refractivity contribution in [3.05, 3.63) is 83.3 Å². The lowest BCUT2D eigenvalue weighted by Gasteiger charge is -2.02. The van der Waals surface area contributed by atoms with Crippen molar-refractivity contribution in [2.75, 3.05) is 0 Å². The van der Waals surface area contributed by atoms with Gasteiger partial charge in [-0.05, 0) is 30.2 Å². The largest absolute Gasteiger partial charge is 0.345 e. The van der Waals surface area contributed by atoms with Crippen molar-refractivity contribution in [1.82, 2.24) is 15.5 Å². The molecule has 1 amide bonds. The number of hydrogen-bond donors (Lipinski definition) is 1. The van der Waals surface area contributed by atoms with Gasteiger partial charge in [0.2, 0.25) is 5.89 Å². The first-order valence-electron chi connectivity index (χ1n) is 7.60. The third-order valence-corrected chi connectivity index (χ3v) is 3.47. The molecule has 122 valence electrons. The minimum atomic E-state index is -0.453. The van der Waals surface area contributed by atoms with E-state index in [1.54, 1.807) is 6.07 Å². The van der Waals surface area contributed by atoms with Crippen molar-refractivity contribution in [3.63, 3.8) is 0 Å². The zero-order chi connectivity index (χ0) is 16.8. The van der Waals surface area contributed by atoms with Gasteiger partial charge in [-0.2, -0.15) is 4.98 Å². The first-order valence-corrected chi connectivity index (χ1v) is 7.60. The van der Waals surface area contributed by atoms with E-state index in [1.165, 1.54) is 23.8 Å². The van der Waals surface area contributed by atoms with Crippen molar-refractivity contribution < 1.29 is 13.7 Å². The minimum Gasteiger partial charge on any atom is -0.345 e. The number of halogens is 1. The summed E-state index contributed by atoms with van der Waals surface area (Å²) >= 11 is 0. The lowest BCUT2D eigenvalue weighted by molar-refractivity contribution is 0.0949. The summed E-state index contributed by atoms with van der Waals surface area (Å²) in [4.78, 5) is 16.2. The second kappa shape index (κ2) is 7.50. The maximum atomic E-state index is 13.1. The molecular formula is C18H16FN3O2. The second-order valence-electron chi connectivity index (χ2n) is 5.28. The highest BCUT2D eigenvalue weighted by Gasteiger charge is 2.10. The smallest absolute Gasteiger partial charge is 0.251 e. The molecule has 0 fully saturated rings. The van der Waals surface area contributed by atoms with E-state index in [2.05, 4.69) is 15.5 Å². The Morgan fingerprint density at radius 1 is 1.08 bits per heavy atom. The molecule has 0 unspecified atom stereocenters. The SMILES string of the molecule is O=C(NCc1noc(CCc2ccccc2)n1)c1cccc(F)c1. The van der Waals surface area contributed by atoms with Gasteiger partial charge in [-0.15, -0.1) is 0 Å². The van der Waals surface area contributed by atoms with Crippen molar-refractivity contribution in [2.24, 2.45) is 0 Å². The fraction of sp³-hybridized carbons (Fsp3) is 0.167. The van der Waals surface area contributed by atoms with Gasteiger partial charge in [0.1, 0.15) is 5.82 Å². The summed E-state index contributed by atoms with van der Waals surface area (Å²) in [5, 5.41) is 6.48. The number of carbonyl (C=O) groups excluding carboxylic acids is 1. The Kier molecular flexibility index (Phi) is 4.96. The van der Waals surface area contributed by atoms with Crippen molar-refractivity contribution in [3.8, 4) is 0 Å². The van der Waals surface area contributed by atoms with Gasteiger partial charge in [0.15, 0.2) is 5.82 Å². The van der Waals surface area contributed by atoms with Gasteiger partial charge in [0, 0.05) is 12.0 Å². The van der Waals surface area contributed by atoms with Gasteiger partial charge in [0.05, 0.1) is 6.54 Å². The van der Waals surface area contributed by atoms with Gasteiger partial charge < -0.3 is 9.84 Å². The van der Waals surface area contributed by atoms with Gasteiger partial charge in [-0.25, -0.2) is 4.39 Å². The van der Waals surface area contributed by atoms with Crippen LogP contribution in [0.4, 0.5) is 4.39 Å². The van der Waals surface area contributed by atoms with Crippen LogP contribution in [0.1, 0.15) is 27.6 Å². The number of aryl methyl sites for hydroxylation is 2. The van der Waals surface area contributed by atoms with E-state index in [9.17, 15) is 9.18 Å². The van der Waals surface area contributed by atoms with Crippen LogP contribution in [0.5, 0.6) is 0 Å². The summed E-state index contributed by atoms with van der Waals surface area (Å²) < 4.78 is 18.3. The highest BCUT2D eigenvalue weighted by atomic mass is 19.1. The maximum Gasteiger partial charge on any atom is 0.251 e. The summed E-state index contributed by atoms with van der Waals surface area (Å²) in [6.45, 7) is 0.129. The van der Waals surface area contributed by atoms with E-state index in [0.717, 1.165) is 6.42 Å². The second-order valence-corrected chi connectivity index (χ2v) is 5.28. The Morgan fingerprint density at radius 2 is 1.92 bits per heavy atom. The summed E-state index contributed by atoms with van der Waals surface area (Å²) in [6.07, 6.45) is 1.44. The number of rotatable bonds is 6. The van der Waals surface area contributed by atoms with Gasteiger partial charge in [-0.3, -0.25) is 4.79 Å². The monoisotopic (exact) mass is 325 g/mol. The fourth-order valence-corrected chi connectivity index (χ4v) is 2.25. The molecule has 0 radical (unpaired) electrons.